The Balaban J connectivity index is 1.35. The second kappa shape index (κ2) is 9.76. The minimum atomic E-state index is -0.628. The minimum Gasteiger partial charge on any atom is -0.508 e. The maximum atomic E-state index is 12.7. The van der Waals surface area contributed by atoms with Crippen molar-refractivity contribution in [1.82, 2.24) is 5.01 Å². The number of aliphatic imine (C=N–C) groups is 1. The Bertz CT molecular complexity index is 1320. The highest BCUT2D eigenvalue weighted by atomic mass is 32.2. The van der Waals surface area contributed by atoms with Crippen LogP contribution in [0.5, 0.6) is 5.75 Å². The molecule has 2 aliphatic heterocycles. The first-order chi connectivity index (χ1) is 17.0. The molecule has 5 rings (SSSR count). The maximum absolute atomic E-state index is 12.7. The zero-order chi connectivity index (χ0) is 24.4. The number of nitrogens with one attached hydrogen (secondary N) is 1. The summed E-state index contributed by atoms with van der Waals surface area (Å²) in [7, 11) is 0. The number of benzene rings is 3. The van der Waals surface area contributed by atoms with Crippen molar-refractivity contribution >= 4 is 40.1 Å². The largest absolute Gasteiger partial charge is 0.508 e. The van der Waals surface area contributed by atoms with E-state index in [1.807, 2.05) is 73.7 Å². The number of amidine groups is 1. The molecule has 2 atom stereocenters. The van der Waals surface area contributed by atoms with E-state index in [2.05, 4.69) is 10.3 Å². The number of hydrazone groups is 1. The molecular formula is C27H24N4O3S. The van der Waals surface area contributed by atoms with Crippen LogP contribution in [0.3, 0.4) is 0 Å². The molecule has 2 unspecified atom stereocenters. The van der Waals surface area contributed by atoms with Crippen molar-refractivity contribution in [3.05, 3.63) is 95.6 Å². The van der Waals surface area contributed by atoms with Crippen LogP contribution in [-0.2, 0) is 9.59 Å². The standard InChI is InChI=1S/C27H24N4O3S/c1-17-11-13-19(14-12-17)28-25(33)16-24-26(34)29-27(35-24)31-22(20-9-5-6-10-23(20)32)15-21(30-31)18-7-3-2-4-8-18/h2-14,22,24,32H,15-16H2,1H3,(H,28,33). The van der Waals surface area contributed by atoms with E-state index in [0.717, 1.165) is 16.8 Å². The molecule has 2 N–H and O–H groups in total. The molecule has 3 aromatic carbocycles. The number of carbonyl (C=O) groups excluding carboxylic acids is 2. The molecule has 8 heteroatoms. The van der Waals surface area contributed by atoms with E-state index < -0.39 is 5.25 Å². The van der Waals surface area contributed by atoms with Gasteiger partial charge in [0.15, 0.2) is 5.17 Å². The molecular weight excluding hydrogens is 460 g/mol. The number of rotatable bonds is 5. The molecule has 0 saturated carbocycles. The van der Waals surface area contributed by atoms with Crippen molar-refractivity contribution in [3.8, 4) is 5.75 Å². The van der Waals surface area contributed by atoms with Gasteiger partial charge in [-0.3, -0.25) is 9.59 Å². The fourth-order valence-corrected chi connectivity index (χ4v) is 5.19. The normalized spacial score (nSPS) is 19.5. The Morgan fingerprint density at radius 1 is 1.06 bits per heavy atom. The van der Waals surface area contributed by atoms with Crippen LogP contribution >= 0.6 is 11.8 Å². The summed E-state index contributed by atoms with van der Waals surface area (Å²) >= 11 is 1.24. The summed E-state index contributed by atoms with van der Waals surface area (Å²) in [6, 6.07) is 24.1. The maximum Gasteiger partial charge on any atom is 0.262 e. The van der Waals surface area contributed by atoms with E-state index in [9.17, 15) is 14.7 Å². The Morgan fingerprint density at radius 3 is 2.51 bits per heavy atom. The van der Waals surface area contributed by atoms with Gasteiger partial charge in [0, 0.05) is 24.1 Å². The van der Waals surface area contributed by atoms with Crippen LogP contribution in [0, 0.1) is 6.92 Å². The zero-order valence-electron chi connectivity index (χ0n) is 19.1. The van der Waals surface area contributed by atoms with Gasteiger partial charge < -0.3 is 10.4 Å². The summed E-state index contributed by atoms with van der Waals surface area (Å²) in [5.74, 6) is -0.442. The lowest BCUT2D eigenvalue weighted by atomic mass is 9.98. The number of hydrogen-bond donors (Lipinski definition) is 2. The zero-order valence-corrected chi connectivity index (χ0v) is 19.9. The van der Waals surface area contributed by atoms with E-state index in [4.69, 9.17) is 5.10 Å². The molecule has 0 aliphatic carbocycles. The number of phenols is 1. The smallest absolute Gasteiger partial charge is 0.262 e. The van der Waals surface area contributed by atoms with Gasteiger partial charge >= 0.3 is 0 Å². The van der Waals surface area contributed by atoms with E-state index in [1.54, 1.807) is 17.1 Å². The van der Waals surface area contributed by atoms with Gasteiger partial charge in [-0.05, 0) is 30.7 Å². The quantitative estimate of drug-likeness (QED) is 0.538. The van der Waals surface area contributed by atoms with Gasteiger partial charge in [-0.25, -0.2) is 5.01 Å². The molecule has 0 radical (unpaired) electrons. The van der Waals surface area contributed by atoms with Gasteiger partial charge in [-0.1, -0.05) is 78.0 Å². The lowest BCUT2D eigenvalue weighted by Crippen LogP contribution is -2.25. The predicted octanol–water partition coefficient (Wildman–Crippen LogP) is 4.88. The summed E-state index contributed by atoms with van der Waals surface area (Å²) in [6.07, 6.45) is 0.558. The Kier molecular flexibility index (Phi) is 6.37. The van der Waals surface area contributed by atoms with Gasteiger partial charge in [-0.2, -0.15) is 10.1 Å². The molecule has 3 aromatic rings. The number of carbonyl (C=O) groups is 2. The van der Waals surface area contributed by atoms with Crippen molar-refractivity contribution < 1.29 is 14.7 Å². The summed E-state index contributed by atoms with van der Waals surface area (Å²) < 4.78 is 0. The van der Waals surface area contributed by atoms with Crippen LogP contribution in [0.4, 0.5) is 5.69 Å². The fourth-order valence-electron chi connectivity index (χ4n) is 4.13. The lowest BCUT2D eigenvalue weighted by Gasteiger charge is -2.23. The molecule has 176 valence electrons. The van der Waals surface area contributed by atoms with Crippen molar-refractivity contribution in [2.24, 2.45) is 10.1 Å². The van der Waals surface area contributed by atoms with Crippen molar-refractivity contribution in [1.29, 1.82) is 0 Å². The SMILES string of the molecule is Cc1ccc(NC(=O)CC2SC(N3N=C(c4ccccc4)CC3c3ccccc3O)=NC2=O)cc1. The van der Waals surface area contributed by atoms with Crippen molar-refractivity contribution in [2.45, 2.75) is 31.1 Å². The van der Waals surface area contributed by atoms with Crippen LogP contribution < -0.4 is 5.32 Å². The van der Waals surface area contributed by atoms with Crippen LogP contribution in [0.2, 0.25) is 0 Å². The number of nitrogens with zero attached hydrogens (tertiary/aromatic N) is 3. The molecule has 0 saturated heterocycles. The van der Waals surface area contributed by atoms with Crippen LogP contribution in [0.1, 0.15) is 35.6 Å². The average molecular weight is 485 g/mol. The second-order valence-corrected chi connectivity index (χ2v) is 9.66. The van der Waals surface area contributed by atoms with Crippen LogP contribution in [-0.4, -0.2) is 38.1 Å². The molecule has 2 aliphatic rings. The minimum absolute atomic E-state index is 0.00866. The third kappa shape index (κ3) is 4.97. The summed E-state index contributed by atoms with van der Waals surface area (Å²) in [5, 5.41) is 19.7. The topological polar surface area (TPSA) is 94.4 Å². The molecule has 2 heterocycles. The van der Waals surface area contributed by atoms with E-state index >= 15 is 0 Å². The van der Waals surface area contributed by atoms with E-state index in [1.165, 1.54) is 11.8 Å². The summed E-state index contributed by atoms with van der Waals surface area (Å²) in [5.41, 5.74) is 4.31. The molecule has 0 aromatic heterocycles. The van der Waals surface area contributed by atoms with Gasteiger partial charge in [-0.15, -0.1) is 0 Å². The van der Waals surface area contributed by atoms with Crippen LogP contribution in [0.25, 0.3) is 0 Å². The highest BCUT2D eigenvalue weighted by Crippen LogP contribution is 2.41. The second-order valence-electron chi connectivity index (χ2n) is 8.49. The summed E-state index contributed by atoms with van der Waals surface area (Å²) in [4.78, 5) is 29.6. The number of para-hydroxylation sites is 1. The summed E-state index contributed by atoms with van der Waals surface area (Å²) in [6.45, 7) is 1.98. The molecule has 2 amide bonds. The molecule has 0 fully saturated rings. The highest BCUT2D eigenvalue weighted by Gasteiger charge is 2.39. The van der Waals surface area contributed by atoms with Crippen molar-refractivity contribution in [2.75, 3.05) is 5.32 Å². The molecule has 7 nitrogen and oxygen atoms in total. The van der Waals surface area contributed by atoms with E-state index in [0.29, 0.717) is 22.8 Å². The number of aromatic hydroxyl groups is 1. The number of amides is 2. The Labute approximate surface area is 207 Å². The third-order valence-electron chi connectivity index (χ3n) is 5.94. The average Bonchev–Trinajstić information content (AvgIpc) is 3.45. The van der Waals surface area contributed by atoms with Crippen molar-refractivity contribution in [3.63, 3.8) is 0 Å². The van der Waals surface area contributed by atoms with Gasteiger partial charge in [0.05, 0.1) is 11.8 Å². The highest BCUT2D eigenvalue weighted by molar-refractivity contribution is 8.15. The third-order valence-corrected chi connectivity index (χ3v) is 7.09. The molecule has 35 heavy (non-hydrogen) atoms. The molecule has 0 spiro atoms. The lowest BCUT2D eigenvalue weighted by molar-refractivity contribution is -0.121. The number of hydrogen-bond acceptors (Lipinski definition) is 6. The van der Waals surface area contributed by atoms with Gasteiger partial charge in [0.2, 0.25) is 5.91 Å². The van der Waals surface area contributed by atoms with Gasteiger partial charge in [0.25, 0.3) is 5.91 Å². The Hall–Kier alpha value is -3.91. The fraction of sp³-hybridized carbons (Fsp3) is 0.185. The molecule has 0 bridgehead atoms. The number of anilines is 1. The number of phenolic OH excluding ortho intramolecular Hbond substituents is 1. The van der Waals surface area contributed by atoms with Crippen LogP contribution in [0.15, 0.2) is 89.0 Å². The first-order valence-corrected chi connectivity index (χ1v) is 12.2. The first kappa shape index (κ1) is 22.9. The Morgan fingerprint density at radius 2 is 1.77 bits per heavy atom. The first-order valence-electron chi connectivity index (χ1n) is 11.3. The monoisotopic (exact) mass is 484 g/mol. The predicted molar refractivity (Wildman–Crippen MR) is 139 cm³/mol. The van der Waals surface area contributed by atoms with Gasteiger partial charge in [0.1, 0.15) is 11.0 Å². The van der Waals surface area contributed by atoms with E-state index in [-0.39, 0.29) is 30.0 Å². The number of aryl methyl sites for hydroxylation is 1. The number of thioether (sulfide) groups is 1.